The molecule has 0 aliphatic heterocycles. The number of aryl methyl sites for hydroxylation is 1. The summed E-state index contributed by atoms with van der Waals surface area (Å²) in [4.78, 5) is 0. The normalized spacial score (nSPS) is 18.2. The smallest absolute Gasteiger partial charge is 0.0207 e. The second-order valence-electron chi connectivity index (χ2n) is 4.29. The Morgan fingerprint density at radius 1 is 1.50 bits per heavy atom. The highest BCUT2D eigenvalue weighted by molar-refractivity contribution is 9.10. The molecule has 2 rings (SSSR count). The van der Waals surface area contributed by atoms with E-state index in [2.05, 4.69) is 41.1 Å². The molecule has 0 amide bonds. The third-order valence-electron chi connectivity index (χ3n) is 2.94. The van der Waals surface area contributed by atoms with E-state index in [1.807, 2.05) is 0 Å². The summed E-state index contributed by atoms with van der Waals surface area (Å²) >= 11 is 3.55. The Hall–Kier alpha value is -0.340. The van der Waals surface area contributed by atoms with E-state index in [4.69, 9.17) is 5.73 Å². The zero-order valence-electron chi connectivity index (χ0n) is 8.46. The van der Waals surface area contributed by atoms with Crippen LogP contribution in [0.15, 0.2) is 22.7 Å². The monoisotopic (exact) mass is 253 g/mol. The fourth-order valence-electron chi connectivity index (χ4n) is 1.73. The predicted octanol–water partition coefficient (Wildman–Crippen LogP) is 3.04. The van der Waals surface area contributed by atoms with Gasteiger partial charge in [0, 0.05) is 10.5 Å². The summed E-state index contributed by atoms with van der Waals surface area (Å²) < 4.78 is 1.19. The van der Waals surface area contributed by atoms with Crippen molar-refractivity contribution in [2.75, 3.05) is 0 Å². The molecule has 2 N–H and O–H groups in total. The first kappa shape index (κ1) is 10.2. The van der Waals surface area contributed by atoms with Crippen LogP contribution in [0, 0.1) is 12.8 Å². The van der Waals surface area contributed by atoms with E-state index in [0.29, 0.717) is 6.04 Å². The van der Waals surface area contributed by atoms with Gasteiger partial charge in [-0.3, -0.25) is 0 Å². The van der Waals surface area contributed by atoms with Crippen LogP contribution in [-0.4, -0.2) is 6.04 Å². The van der Waals surface area contributed by atoms with Gasteiger partial charge in [0.2, 0.25) is 0 Å². The Bertz CT molecular complexity index is 331. The van der Waals surface area contributed by atoms with Gasteiger partial charge in [-0.15, -0.1) is 0 Å². The molecule has 1 aliphatic carbocycles. The van der Waals surface area contributed by atoms with E-state index in [-0.39, 0.29) is 0 Å². The van der Waals surface area contributed by atoms with Gasteiger partial charge in [-0.1, -0.05) is 28.1 Å². The SMILES string of the molecule is Cc1ccc(CC(N)C2CC2)cc1Br. The summed E-state index contributed by atoms with van der Waals surface area (Å²) in [7, 11) is 0. The molecule has 1 atom stereocenters. The first-order valence-electron chi connectivity index (χ1n) is 5.17. The number of hydrogen-bond donors (Lipinski definition) is 1. The number of hydrogen-bond acceptors (Lipinski definition) is 1. The second kappa shape index (κ2) is 4.03. The van der Waals surface area contributed by atoms with Crippen molar-refractivity contribution in [3.8, 4) is 0 Å². The molecule has 1 aromatic carbocycles. The van der Waals surface area contributed by atoms with Crippen LogP contribution in [0.5, 0.6) is 0 Å². The minimum Gasteiger partial charge on any atom is -0.327 e. The maximum absolute atomic E-state index is 6.08. The van der Waals surface area contributed by atoms with Crippen LogP contribution < -0.4 is 5.73 Å². The van der Waals surface area contributed by atoms with E-state index >= 15 is 0 Å². The van der Waals surface area contributed by atoms with E-state index in [1.54, 1.807) is 0 Å². The molecule has 76 valence electrons. The summed E-state index contributed by atoms with van der Waals surface area (Å²) in [5, 5.41) is 0. The molecule has 1 unspecified atom stereocenters. The number of nitrogens with two attached hydrogens (primary N) is 1. The van der Waals surface area contributed by atoms with Crippen LogP contribution in [0.25, 0.3) is 0 Å². The highest BCUT2D eigenvalue weighted by Gasteiger charge is 2.28. The van der Waals surface area contributed by atoms with Gasteiger partial charge in [-0.25, -0.2) is 0 Å². The molecule has 0 heterocycles. The first-order chi connectivity index (χ1) is 6.66. The van der Waals surface area contributed by atoms with Crippen molar-refractivity contribution in [2.24, 2.45) is 11.7 Å². The minimum absolute atomic E-state index is 0.365. The molecule has 2 heteroatoms. The predicted molar refractivity (Wildman–Crippen MR) is 63.3 cm³/mol. The second-order valence-corrected chi connectivity index (χ2v) is 5.14. The average molecular weight is 254 g/mol. The van der Waals surface area contributed by atoms with Crippen LogP contribution in [0.3, 0.4) is 0 Å². The molecule has 1 saturated carbocycles. The lowest BCUT2D eigenvalue weighted by Gasteiger charge is -2.10. The average Bonchev–Trinajstić information content (AvgIpc) is 2.94. The van der Waals surface area contributed by atoms with Crippen molar-refractivity contribution in [2.45, 2.75) is 32.2 Å². The quantitative estimate of drug-likeness (QED) is 0.881. The topological polar surface area (TPSA) is 26.0 Å². The zero-order chi connectivity index (χ0) is 10.1. The molecule has 1 aliphatic rings. The van der Waals surface area contributed by atoms with Crippen molar-refractivity contribution in [3.63, 3.8) is 0 Å². The van der Waals surface area contributed by atoms with Gasteiger partial charge in [0.15, 0.2) is 0 Å². The van der Waals surface area contributed by atoms with Crippen LogP contribution in [0.4, 0.5) is 0 Å². The first-order valence-corrected chi connectivity index (χ1v) is 5.96. The molecule has 1 fully saturated rings. The van der Waals surface area contributed by atoms with Crippen molar-refractivity contribution < 1.29 is 0 Å². The lowest BCUT2D eigenvalue weighted by Crippen LogP contribution is -2.24. The van der Waals surface area contributed by atoms with E-state index in [9.17, 15) is 0 Å². The van der Waals surface area contributed by atoms with Crippen LogP contribution in [-0.2, 0) is 6.42 Å². The highest BCUT2D eigenvalue weighted by atomic mass is 79.9. The largest absolute Gasteiger partial charge is 0.327 e. The van der Waals surface area contributed by atoms with Crippen LogP contribution >= 0.6 is 15.9 Å². The fourth-order valence-corrected chi connectivity index (χ4v) is 2.15. The van der Waals surface area contributed by atoms with Gasteiger partial charge >= 0.3 is 0 Å². The van der Waals surface area contributed by atoms with Gasteiger partial charge in [0.1, 0.15) is 0 Å². The lowest BCUT2D eigenvalue weighted by atomic mass is 10.0. The Morgan fingerprint density at radius 3 is 2.79 bits per heavy atom. The van der Waals surface area contributed by atoms with E-state index < -0.39 is 0 Å². The maximum Gasteiger partial charge on any atom is 0.0207 e. The Balaban J connectivity index is 2.04. The molecule has 14 heavy (non-hydrogen) atoms. The van der Waals surface area contributed by atoms with Crippen LogP contribution in [0.2, 0.25) is 0 Å². The molecule has 0 spiro atoms. The molecule has 0 saturated heterocycles. The van der Waals surface area contributed by atoms with Gasteiger partial charge in [0.25, 0.3) is 0 Å². The molecule has 1 aromatic rings. The third kappa shape index (κ3) is 2.37. The maximum atomic E-state index is 6.08. The lowest BCUT2D eigenvalue weighted by molar-refractivity contribution is 0.591. The highest BCUT2D eigenvalue weighted by Crippen LogP contribution is 2.33. The Kier molecular flexibility index (Phi) is 2.93. The summed E-state index contributed by atoms with van der Waals surface area (Å²) in [6.07, 6.45) is 3.67. The van der Waals surface area contributed by atoms with E-state index in [1.165, 1.54) is 28.4 Å². The summed E-state index contributed by atoms with van der Waals surface area (Å²) in [5.41, 5.74) is 8.72. The Morgan fingerprint density at radius 2 is 2.21 bits per heavy atom. The Labute approximate surface area is 93.8 Å². The summed E-state index contributed by atoms with van der Waals surface area (Å²) in [6, 6.07) is 6.89. The van der Waals surface area contributed by atoms with Gasteiger partial charge < -0.3 is 5.73 Å². The number of halogens is 1. The standard InChI is InChI=1S/C12H16BrN/c1-8-2-3-9(6-11(8)13)7-12(14)10-4-5-10/h2-3,6,10,12H,4-5,7,14H2,1H3. The van der Waals surface area contributed by atoms with Gasteiger partial charge in [-0.05, 0) is 49.3 Å². The fraction of sp³-hybridized carbons (Fsp3) is 0.500. The molecule has 0 bridgehead atoms. The van der Waals surface area contributed by atoms with Crippen molar-refractivity contribution in [1.82, 2.24) is 0 Å². The summed E-state index contributed by atoms with van der Waals surface area (Å²) in [5.74, 6) is 0.787. The van der Waals surface area contributed by atoms with Crippen molar-refractivity contribution >= 4 is 15.9 Å². The molecule has 1 nitrogen and oxygen atoms in total. The molecular formula is C12H16BrN. The van der Waals surface area contributed by atoms with Crippen molar-refractivity contribution in [1.29, 1.82) is 0 Å². The summed E-state index contributed by atoms with van der Waals surface area (Å²) in [6.45, 7) is 2.11. The van der Waals surface area contributed by atoms with E-state index in [0.717, 1.165) is 12.3 Å². The van der Waals surface area contributed by atoms with Gasteiger partial charge in [-0.2, -0.15) is 0 Å². The molecular weight excluding hydrogens is 238 g/mol. The third-order valence-corrected chi connectivity index (χ3v) is 3.79. The van der Waals surface area contributed by atoms with Gasteiger partial charge in [0.05, 0.1) is 0 Å². The molecule has 0 radical (unpaired) electrons. The van der Waals surface area contributed by atoms with Crippen LogP contribution in [0.1, 0.15) is 24.0 Å². The number of benzene rings is 1. The zero-order valence-corrected chi connectivity index (χ0v) is 10.0. The minimum atomic E-state index is 0.365. The molecule has 0 aromatic heterocycles. The number of rotatable bonds is 3. The van der Waals surface area contributed by atoms with Crippen molar-refractivity contribution in [3.05, 3.63) is 33.8 Å².